The van der Waals surface area contributed by atoms with Crippen molar-refractivity contribution in [1.29, 1.82) is 0 Å². The van der Waals surface area contributed by atoms with Gasteiger partial charge in [-0.2, -0.15) is 0 Å². The highest BCUT2D eigenvalue weighted by Gasteiger charge is 2.31. The predicted molar refractivity (Wildman–Crippen MR) is 76.8 cm³/mol. The predicted octanol–water partition coefficient (Wildman–Crippen LogP) is 2.62. The lowest BCUT2D eigenvalue weighted by Crippen LogP contribution is -2.42. The van der Waals surface area contributed by atoms with Crippen molar-refractivity contribution in [3.8, 4) is 0 Å². The summed E-state index contributed by atoms with van der Waals surface area (Å²) < 4.78 is 0. The molecule has 3 nitrogen and oxygen atoms in total. The van der Waals surface area contributed by atoms with E-state index in [0.29, 0.717) is 6.04 Å². The molecule has 3 rings (SSSR count). The number of aryl methyl sites for hydroxylation is 1. The van der Waals surface area contributed by atoms with Gasteiger partial charge in [0.1, 0.15) is 0 Å². The van der Waals surface area contributed by atoms with Crippen LogP contribution in [0.5, 0.6) is 0 Å². The van der Waals surface area contributed by atoms with Crippen LogP contribution in [0.3, 0.4) is 0 Å². The third-order valence-electron chi connectivity index (χ3n) is 4.44. The largest absolute Gasteiger partial charge is 0.399 e. The van der Waals surface area contributed by atoms with E-state index < -0.39 is 0 Å². The van der Waals surface area contributed by atoms with Crippen LogP contribution >= 0.6 is 0 Å². The maximum Gasteiger partial charge on any atom is 0.0392 e. The van der Waals surface area contributed by atoms with Crippen molar-refractivity contribution in [2.75, 3.05) is 24.1 Å². The number of rotatable bonds is 2. The number of nitrogens with two attached hydrogens (primary N) is 1. The molecule has 98 valence electrons. The summed E-state index contributed by atoms with van der Waals surface area (Å²) in [5.74, 6) is 0. The first-order chi connectivity index (χ1) is 8.72. The first-order valence-electron chi connectivity index (χ1n) is 7.09. The van der Waals surface area contributed by atoms with Crippen molar-refractivity contribution in [3.63, 3.8) is 0 Å². The molecule has 3 N–H and O–H groups in total. The van der Waals surface area contributed by atoms with E-state index in [1.54, 1.807) is 0 Å². The number of nitrogens with zero attached hydrogens (tertiary/aromatic N) is 1. The van der Waals surface area contributed by atoms with Crippen LogP contribution < -0.4 is 11.1 Å². The van der Waals surface area contributed by atoms with E-state index in [4.69, 9.17) is 5.73 Å². The highest BCUT2D eigenvalue weighted by atomic mass is 15.2. The van der Waals surface area contributed by atoms with Crippen LogP contribution in [0.4, 0.5) is 11.4 Å². The molecule has 2 aliphatic rings. The van der Waals surface area contributed by atoms with Crippen molar-refractivity contribution < 1.29 is 0 Å². The molecule has 3 heteroatoms. The van der Waals surface area contributed by atoms with E-state index in [-0.39, 0.29) is 0 Å². The third-order valence-corrected chi connectivity index (χ3v) is 4.44. The molecule has 0 spiro atoms. The number of nitrogen functional groups attached to an aromatic ring is 1. The summed E-state index contributed by atoms with van der Waals surface area (Å²) in [6, 6.07) is 7.57. The molecule has 0 saturated carbocycles. The van der Waals surface area contributed by atoms with E-state index in [1.165, 1.54) is 50.0 Å². The fourth-order valence-corrected chi connectivity index (χ4v) is 3.37. The molecular weight excluding hydrogens is 222 g/mol. The average molecular weight is 245 g/mol. The van der Waals surface area contributed by atoms with Gasteiger partial charge in [0.2, 0.25) is 0 Å². The molecule has 2 fully saturated rings. The SMILES string of the molecule is Cc1ccc(N)cc1NC1CCN2CCCC2C1. The van der Waals surface area contributed by atoms with Gasteiger partial charge in [-0.1, -0.05) is 6.07 Å². The van der Waals surface area contributed by atoms with Gasteiger partial charge in [0.15, 0.2) is 0 Å². The maximum absolute atomic E-state index is 5.87. The molecule has 0 radical (unpaired) electrons. The molecule has 2 saturated heterocycles. The average Bonchev–Trinajstić information content (AvgIpc) is 2.81. The Morgan fingerprint density at radius 3 is 3.06 bits per heavy atom. The van der Waals surface area contributed by atoms with Gasteiger partial charge in [-0.25, -0.2) is 0 Å². The van der Waals surface area contributed by atoms with Crippen molar-refractivity contribution in [2.45, 2.75) is 44.7 Å². The van der Waals surface area contributed by atoms with Crippen molar-refractivity contribution in [2.24, 2.45) is 0 Å². The summed E-state index contributed by atoms with van der Waals surface area (Å²) in [7, 11) is 0. The first kappa shape index (κ1) is 11.8. The molecule has 1 aromatic rings. The minimum atomic E-state index is 0.616. The quantitative estimate of drug-likeness (QED) is 0.787. The molecule has 0 aromatic heterocycles. The zero-order valence-electron chi connectivity index (χ0n) is 11.2. The van der Waals surface area contributed by atoms with Gasteiger partial charge in [0, 0.05) is 30.0 Å². The van der Waals surface area contributed by atoms with E-state index in [9.17, 15) is 0 Å². The van der Waals surface area contributed by atoms with Crippen molar-refractivity contribution in [1.82, 2.24) is 4.90 Å². The second-order valence-corrected chi connectivity index (χ2v) is 5.77. The van der Waals surface area contributed by atoms with Crippen LogP contribution in [0.1, 0.15) is 31.2 Å². The van der Waals surface area contributed by atoms with Crippen LogP contribution in [0.15, 0.2) is 18.2 Å². The number of benzene rings is 1. The van der Waals surface area contributed by atoms with Crippen molar-refractivity contribution >= 4 is 11.4 Å². The van der Waals surface area contributed by atoms with Crippen molar-refractivity contribution in [3.05, 3.63) is 23.8 Å². The highest BCUT2D eigenvalue weighted by molar-refractivity contribution is 5.59. The number of hydrogen-bond acceptors (Lipinski definition) is 3. The van der Waals surface area contributed by atoms with E-state index in [2.05, 4.69) is 29.3 Å². The summed E-state index contributed by atoms with van der Waals surface area (Å²) in [4.78, 5) is 2.66. The Labute approximate surface area is 109 Å². The number of hydrogen-bond donors (Lipinski definition) is 2. The van der Waals surface area contributed by atoms with Crippen LogP contribution in [0.25, 0.3) is 0 Å². The Morgan fingerprint density at radius 2 is 2.17 bits per heavy atom. The van der Waals surface area contributed by atoms with E-state index >= 15 is 0 Å². The molecular formula is C15H23N3. The van der Waals surface area contributed by atoms with Gasteiger partial charge in [-0.3, -0.25) is 0 Å². The maximum atomic E-state index is 5.87. The Bertz CT molecular complexity index is 430. The second-order valence-electron chi connectivity index (χ2n) is 5.77. The normalized spacial score (nSPS) is 28.1. The van der Waals surface area contributed by atoms with Crippen LogP contribution in [-0.2, 0) is 0 Å². The fraction of sp³-hybridized carbons (Fsp3) is 0.600. The molecule has 2 heterocycles. The fourth-order valence-electron chi connectivity index (χ4n) is 3.37. The zero-order chi connectivity index (χ0) is 12.5. The lowest BCUT2D eigenvalue weighted by atomic mass is 9.97. The summed E-state index contributed by atoms with van der Waals surface area (Å²) in [5, 5.41) is 3.70. The molecule has 0 amide bonds. The Balaban J connectivity index is 1.67. The monoisotopic (exact) mass is 245 g/mol. The molecule has 0 aliphatic carbocycles. The van der Waals surface area contributed by atoms with E-state index in [1.807, 2.05) is 6.07 Å². The minimum absolute atomic E-state index is 0.616. The highest BCUT2D eigenvalue weighted by Crippen LogP contribution is 2.29. The van der Waals surface area contributed by atoms with E-state index in [0.717, 1.165) is 11.7 Å². The molecule has 0 bridgehead atoms. The van der Waals surface area contributed by atoms with Gasteiger partial charge in [0.05, 0.1) is 0 Å². The number of nitrogens with one attached hydrogen (secondary N) is 1. The topological polar surface area (TPSA) is 41.3 Å². The van der Waals surface area contributed by atoms with Gasteiger partial charge in [0.25, 0.3) is 0 Å². The first-order valence-corrected chi connectivity index (χ1v) is 7.09. The van der Waals surface area contributed by atoms with Gasteiger partial charge >= 0.3 is 0 Å². The zero-order valence-corrected chi connectivity index (χ0v) is 11.2. The van der Waals surface area contributed by atoms with Gasteiger partial charge < -0.3 is 16.0 Å². The molecule has 2 unspecified atom stereocenters. The van der Waals surface area contributed by atoms with Crippen LogP contribution in [0.2, 0.25) is 0 Å². The second kappa shape index (κ2) is 4.81. The minimum Gasteiger partial charge on any atom is -0.399 e. The lowest BCUT2D eigenvalue weighted by Gasteiger charge is -2.35. The smallest absolute Gasteiger partial charge is 0.0392 e. The molecule has 1 aromatic carbocycles. The molecule has 2 aliphatic heterocycles. The summed E-state index contributed by atoms with van der Waals surface area (Å²) in [6.45, 7) is 4.71. The summed E-state index contributed by atoms with van der Waals surface area (Å²) in [5.41, 5.74) is 9.22. The number of anilines is 2. The Kier molecular flexibility index (Phi) is 3.16. The third kappa shape index (κ3) is 2.32. The number of fused-ring (bicyclic) bond motifs is 1. The molecule has 2 atom stereocenters. The summed E-state index contributed by atoms with van der Waals surface area (Å²) >= 11 is 0. The Morgan fingerprint density at radius 1 is 1.28 bits per heavy atom. The standard InChI is InChI=1S/C15H23N3/c1-11-4-5-12(16)9-15(11)17-13-6-8-18-7-2-3-14(18)10-13/h4-5,9,13-14,17H,2-3,6-8,10,16H2,1H3. The lowest BCUT2D eigenvalue weighted by molar-refractivity contribution is 0.188. The van der Waals surface area contributed by atoms with Crippen LogP contribution in [0, 0.1) is 6.92 Å². The van der Waals surface area contributed by atoms with Crippen LogP contribution in [-0.4, -0.2) is 30.1 Å². The Hall–Kier alpha value is -1.22. The van der Waals surface area contributed by atoms with Gasteiger partial charge in [-0.15, -0.1) is 0 Å². The number of piperidine rings is 1. The summed E-state index contributed by atoms with van der Waals surface area (Å²) in [6.07, 6.45) is 5.31. The molecule has 18 heavy (non-hydrogen) atoms. The van der Waals surface area contributed by atoms with Gasteiger partial charge in [-0.05, 0) is 56.8 Å².